The van der Waals surface area contributed by atoms with E-state index >= 15 is 0 Å². The van der Waals surface area contributed by atoms with Gasteiger partial charge in [-0.05, 0) is 46.2 Å². The van der Waals surface area contributed by atoms with E-state index in [1.54, 1.807) is 7.11 Å². The molecule has 26 heavy (non-hydrogen) atoms. The minimum atomic E-state index is 0.575. The molecule has 0 aliphatic heterocycles. The lowest BCUT2D eigenvalue weighted by atomic mass is 10.1. The van der Waals surface area contributed by atoms with E-state index in [-0.39, 0.29) is 0 Å². The van der Waals surface area contributed by atoms with E-state index in [1.165, 1.54) is 0 Å². The Balaban J connectivity index is 2.08. The molecule has 2 aromatic rings. The monoisotopic (exact) mass is 360 g/mol. The van der Waals surface area contributed by atoms with Crippen LogP contribution >= 0.6 is 0 Å². The van der Waals surface area contributed by atoms with Gasteiger partial charge in [0.15, 0.2) is 17.5 Å². The van der Waals surface area contributed by atoms with Crippen molar-refractivity contribution >= 4 is 11.6 Å². The maximum Gasteiger partial charge on any atom is 0.195 e. The molecule has 1 heterocycles. The van der Waals surface area contributed by atoms with Crippen LogP contribution in [0.4, 0.5) is 5.69 Å². The number of aryl methyl sites for hydroxylation is 2. The molecule has 0 saturated heterocycles. The molecule has 142 valence electrons. The summed E-state index contributed by atoms with van der Waals surface area (Å²) in [6.45, 7) is 9.83. The number of benzene rings is 1. The smallest absolute Gasteiger partial charge is 0.195 e. The SMILES string of the molecule is CCNC(=NCCc1c(C)noc1C)Nc1ccc(OC)c(OCC)c1. The Bertz CT molecular complexity index is 721. The molecular formula is C19H28N4O3. The molecule has 0 unspecified atom stereocenters. The Kier molecular flexibility index (Phi) is 7.32. The van der Waals surface area contributed by atoms with Crippen LogP contribution < -0.4 is 20.1 Å². The van der Waals surface area contributed by atoms with Gasteiger partial charge in [-0.2, -0.15) is 0 Å². The summed E-state index contributed by atoms with van der Waals surface area (Å²) in [7, 11) is 1.63. The quantitative estimate of drug-likeness (QED) is 0.555. The van der Waals surface area contributed by atoms with Gasteiger partial charge in [0.2, 0.25) is 0 Å². The Morgan fingerprint density at radius 3 is 2.65 bits per heavy atom. The molecule has 0 bridgehead atoms. The Morgan fingerprint density at radius 1 is 1.23 bits per heavy atom. The maximum absolute atomic E-state index is 5.62. The molecule has 0 atom stereocenters. The summed E-state index contributed by atoms with van der Waals surface area (Å²) in [5, 5.41) is 10.5. The molecule has 0 saturated carbocycles. The van der Waals surface area contributed by atoms with Gasteiger partial charge in [-0.3, -0.25) is 4.99 Å². The second-order valence-electron chi connectivity index (χ2n) is 5.74. The molecule has 0 radical (unpaired) electrons. The Labute approximate surface area is 154 Å². The molecule has 0 aliphatic rings. The highest BCUT2D eigenvalue weighted by molar-refractivity contribution is 5.93. The molecule has 1 aromatic heterocycles. The van der Waals surface area contributed by atoms with Crippen LogP contribution in [0.3, 0.4) is 0 Å². The van der Waals surface area contributed by atoms with Crippen LogP contribution in [-0.2, 0) is 6.42 Å². The van der Waals surface area contributed by atoms with Crippen molar-refractivity contribution in [2.75, 3.05) is 32.1 Å². The number of aliphatic imine (C=N–C) groups is 1. The number of methoxy groups -OCH3 is 1. The van der Waals surface area contributed by atoms with Crippen molar-refractivity contribution in [3.63, 3.8) is 0 Å². The second-order valence-corrected chi connectivity index (χ2v) is 5.74. The highest BCUT2D eigenvalue weighted by Crippen LogP contribution is 2.30. The van der Waals surface area contributed by atoms with Gasteiger partial charge in [-0.25, -0.2) is 0 Å². The molecule has 0 aliphatic carbocycles. The first-order valence-corrected chi connectivity index (χ1v) is 8.86. The second kappa shape index (κ2) is 9.70. The van der Waals surface area contributed by atoms with Gasteiger partial charge in [0.05, 0.1) is 19.4 Å². The summed E-state index contributed by atoms with van der Waals surface area (Å²) >= 11 is 0. The van der Waals surface area contributed by atoms with Crippen molar-refractivity contribution in [1.29, 1.82) is 0 Å². The Morgan fingerprint density at radius 2 is 2.04 bits per heavy atom. The average molecular weight is 360 g/mol. The van der Waals surface area contributed by atoms with Crippen LogP contribution in [0.15, 0.2) is 27.7 Å². The van der Waals surface area contributed by atoms with Gasteiger partial charge < -0.3 is 24.6 Å². The van der Waals surface area contributed by atoms with Crippen molar-refractivity contribution in [2.24, 2.45) is 4.99 Å². The molecule has 0 amide bonds. The molecule has 1 aromatic carbocycles. The van der Waals surface area contributed by atoms with Gasteiger partial charge in [-0.1, -0.05) is 5.16 Å². The predicted molar refractivity (Wildman–Crippen MR) is 103 cm³/mol. The molecule has 0 fully saturated rings. The first-order valence-electron chi connectivity index (χ1n) is 8.86. The normalized spacial score (nSPS) is 11.3. The van der Waals surface area contributed by atoms with E-state index in [2.05, 4.69) is 20.8 Å². The summed E-state index contributed by atoms with van der Waals surface area (Å²) in [4.78, 5) is 4.64. The van der Waals surface area contributed by atoms with E-state index < -0.39 is 0 Å². The number of ether oxygens (including phenoxy) is 2. The molecule has 0 spiro atoms. The van der Waals surface area contributed by atoms with Gasteiger partial charge in [0, 0.05) is 30.4 Å². The van der Waals surface area contributed by atoms with E-state index in [4.69, 9.17) is 14.0 Å². The molecule has 2 N–H and O–H groups in total. The van der Waals surface area contributed by atoms with E-state index in [0.717, 1.165) is 35.7 Å². The molecule has 2 rings (SSSR count). The molecule has 7 heteroatoms. The zero-order valence-electron chi connectivity index (χ0n) is 16.2. The third kappa shape index (κ3) is 5.15. The molecular weight excluding hydrogens is 332 g/mol. The first-order chi connectivity index (χ1) is 12.6. The van der Waals surface area contributed by atoms with Crippen LogP contribution in [0.25, 0.3) is 0 Å². The first kappa shape index (κ1) is 19.6. The maximum atomic E-state index is 5.62. The lowest BCUT2D eigenvalue weighted by Gasteiger charge is -2.14. The number of nitrogens with one attached hydrogen (secondary N) is 2. The van der Waals surface area contributed by atoms with E-state index in [0.29, 0.717) is 30.6 Å². The lowest BCUT2D eigenvalue weighted by molar-refractivity contribution is 0.311. The average Bonchev–Trinajstić information content (AvgIpc) is 2.94. The van der Waals surface area contributed by atoms with Gasteiger partial charge >= 0.3 is 0 Å². The number of hydrogen-bond donors (Lipinski definition) is 2. The van der Waals surface area contributed by atoms with Crippen LogP contribution in [0, 0.1) is 13.8 Å². The fourth-order valence-electron chi connectivity index (χ4n) is 2.60. The number of anilines is 1. The largest absolute Gasteiger partial charge is 0.493 e. The van der Waals surface area contributed by atoms with Crippen LogP contribution in [0.1, 0.15) is 30.9 Å². The molecule has 7 nitrogen and oxygen atoms in total. The van der Waals surface area contributed by atoms with Gasteiger partial charge in [0.1, 0.15) is 5.76 Å². The van der Waals surface area contributed by atoms with Gasteiger partial charge in [0.25, 0.3) is 0 Å². The fraction of sp³-hybridized carbons (Fsp3) is 0.474. The topological polar surface area (TPSA) is 80.9 Å². The summed E-state index contributed by atoms with van der Waals surface area (Å²) in [5.41, 5.74) is 2.92. The van der Waals surface area contributed by atoms with Gasteiger partial charge in [-0.15, -0.1) is 0 Å². The van der Waals surface area contributed by atoms with E-state index in [1.807, 2.05) is 45.9 Å². The Hall–Kier alpha value is -2.70. The number of rotatable bonds is 8. The highest BCUT2D eigenvalue weighted by Gasteiger charge is 2.09. The fourth-order valence-corrected chi connectivity index (χ4v) is 2.60. The third-order valence-electron chi connectivity index (χ3n) is 3.88. The van der Waals surface area contributed by atoms with Crippen molar-refractivity contribution < 1.29 is 14.0 Å². The van der Waals surface area contributed by atoms with Crippen molar-refractivity contribution in [1.82, 2.24) is 10.5 Å². The summed E-state index contributed by atoms with van der Waals surface area (Å²) in [6, 6.07) is 5.72. The summed E-state index contributed by atoms with van der Waals surface area (Å²) in [6.07, 6.45) is 0.782. The number of hydrogen-bond acceptors (Lipinski definition) is 5. The van der Waals surface area contributed by atoms with Crippen LogP contribution in [0.5, 0.6) is 11.5 Å². The number of aromatic nitrogens is 1. The minimum absolute atomic E-state index is 0.575. The minimum Gasteiger partial charge on any atom is -0.493 e. The number of guanidine groups is 1. The summed E-state index contributed by atoms with van der Waals surface area (Å²) < 4.78 is 16.1. The zero-order chi connectivity index (χ0) is 18.9. The predicted octanol–water partition coefficient (Wildman–Crippen LogP) is 3.32. The van der Waals surface area contributed by atoms with Crippen LogP contribution in [-0.4, -0.2) is 37.9 Å². The summed E-state index contributed by atoms with van der Waals surface area (Å²) in [5.74, 6) is 2.98. The number of nitrogens with zero attached hydrogens (tertiary/aromatic N) is 2. The third-order valence-corrected chi connectivity index (χ3v) is 3.88. The highest BCUT2D eigenvalue weighted by atomic mass is 16.5. The standard InChI is InChI=1S/C19H28N4O3/c1-6-20-19(21-11-10-16-13(3)23-26-14(16)4)22-15-8-9-17(24-5)18(12-15)25-7-2/h8-9,12H,6-7,10-11H2,1-5H3,(H2,20,21,22). The van der Waals surface area contributed by atoms with Crippen LogP contribution in [0.2, 0.25) is 0 Å². The van der Waals surface area contributed by atoms with Crippen molar-refractivity contribution in [3.8, 4) is 11.5 Å². The lowest BCUT2D eigenvalue weighted by Crippen LogP contribution is -2.31. The van der Waals surface area contributed by atoms with Crippen molar-refractivity contribution in [2.45, 2.75) is 34.1 Å². The van der Waals surface area contributed by atoms with E-state index in [9.17, 15) is 0 Å². The van der Waals surface area contributed by atoms with Crippen molar-refractivity contribution in [3.05, 3.63) is 35.2 Å². The zero-order valence-corrected chi connectivity index (χ0v) is 16.2.